The highest BCUT2D eigenvalue weighted by atomic mass is 32.2. The summed E-state index contributed by atoms with van der Waals surface area (Å²) in [5, 5.41) is 0. The molecule has 3 aliphatic rings. The van der Waals surface area contributed by atoms with Crippen LogP contribution in [0, 0.1) is 5.82 Å². The summed E-state index contributed by atoms with van der Waals surface area (Å²) < 4.78 is 14.4. The number of benzene rings is 2. The van der Waals surface area contributed by atoms with E-state index in [1.165, 1.54) is 4.90 Å². The zero-order chi connectivity index (χ0) is 22.1. The molecule has 1 aliphatic carbocycles. The van der Waals surface area contributed by atoms with Gasteiger partial charge in [0, 0.05) is 49.3 Å². The van der Waals surface area contributed by atoms with Crippen LogP contribution in [0.25, 0.3) is 11.1 Å². The molecule has 0 N–H and O–H groups in total. The Balaban J connectivity index is 1.26. The Kier molecular flexibility index (Phi) is 6.20. The highest BCUT2D eigenvalue weighted by Crippen LogP contribution is 2.30. The Morgan fingerprint density at radius 1 is 0.938 bits per heavy atom. The predicted octanol–water partition coefficient (Wildman–Crippen LogP) is 4.36. The molecule has 0 bridgehead atoms. The van der Waals surface area contributed by atoms with Crippen molar-refractivity contribution >= 4 is 23.7 Å². The average Bonchev–Trinajstić information content (AvgIpc) is 3.03. The molecular weight excluding hydrogens is 425 g/mol. The van der Waals surface area contributed by atoms with Crippen LogP contribution in [-0.2, 0) is 17.9 Å². The first kappa shape index (κ1) is 21.5. The number of thioether (sulfide) groups is 1. The van der Waals surface area contributed by atoms with E-state index in [-0.39, 0.29) is 30.3 Å². The fourth-order valence-electron chi connectivity index (χ4n) is 4.59. The van der Waals surface area contributed by atoms with Crippen LogP contribution >= 0.6 is 11.8 Å². The van der Waals surface area contributed by atoms with E-state index in [2.05, 4.69) is 4.90 Å². The molecule has 2 aromatic carbocycles. The molecule has 3 amide bonds. The molecule has 0 atom stereocenters. The normalized spacial score (nSPS) is 20.2. The molecule has 0 aromatic heterocycles. The monoisotopic (exact) mass is 453 g/mol. The summed E-state index contributed by atoms with van der Waals surface area (Å²) in [7, 11) is 0. The molecule has 7 heteroatoms. The maximum absolute atomic E-state index is 14.4. The van der Waals surface area contributed by atoms with Crippen LogP contribution in [-0.4, -0.2) is 63.8 Å². The molecule has 2 aliphatic heterocycles. The summed E-state index contributed by atoms with van der Waals surface area (Å²) in [5.41, 5.74) is 3.72. The highest BCUT2D eigenvalue weighted by Gasteiger charge is 2.42. The number of carbonyl (C=O) groups excluding carboxylic acids is 2. The standard InChI is InChI=1S/C25H28FN3O2S/c26-23-9-8-20(14-21(23)16-27-10-12-32-13-11-27)19-6-4-18(5-7-19)15-28-17-24(30)29(25(28)31)22-2-1-3-22/h4-9,14,22H,1-3,10-13,15-17H2. The Bertz CT molecular complexity index is 1000. The van der Waals surface area contributed by atoms with E-state index in [4.69, 9.17) is 0 Å². The van der Waals surface area contributed by atoms with Crippen LogP contribution in [0.3, 0.4) is 0 Å². The third-order valence-electron chi connectivity index (χ3n) is 6.72. The molecule has 3 fully saturated rings. The van der Waals surface area contributed by atoms with Crippen molar-refractivity contribution in [2.45, 2.75) is 38.4 Å². The van der Waals surface area contributed by atoms with E-state index in [1.807, 2.05) is 48.2 Å². The quantitative estimate of drug-likeness (QED) is 0.610. The molecule has 5 rings (SSSR count). The number of imide groups is 1. The van der Waals surface area contributed by atoms with Crippen molar-refractivity contribution in [3.05, 3.63) is 59.4 Å². The van der Waals surface area contributed by atoms with E-state index >= 15 is 0 Å². The molecule has 1 saturated carbocycles. The van der Waals surface area contributed by atoms with Gasteiger partial charge in [0.1, 0.15) is 12.4 Å². The molecular formula is C25H28FN3O2S. The van der Waals surface area contributed by atoms with Crippen LogP contribution in [0.4, 0.5) is 9.18 Å². The number of nitrogens with zero attached hydrogens (tertiary/aromatic N) is 3. The molecule has 168 valence electrons. The minimum absolute atomic E-state index is 0.0811. The van der Waals surface area contributed by atoms with Gasteiger partial charge < -0.3 is 4.90 Å². The van der Waals surface area contributed by atoms with Crippen molar-refractivity contribution in [2.75, 3.05) is 31.1 Å². The summed E-state index contributed by atoms with van der Waals surface area (Å²) >= 11 is 1.95. The molecule has 2 heterocycles. The number of amides is 3. The van der Waals surface area contributed by atoms with E-state index in [9.17, 15) is 14.0 Å². The summed E-state index contributed by atoms with van der Waals surface area (Å²) in [5.74, 6) is 1.97. The SMILES string of the molecule is O=C1CN(Cc2ccc(-c3ccc(F)c(CN4CCSCC4)c3)cc2)C(=O)N1C1CCC1. The number of urea groups is 1. The molecule has 0 radical (unpaired) electrons. The first-order valence-electron chi connectivity index (χ1n) is 11.4. The van der Waals surface area contributed by atoms with Crippen molar-refractivity contribution in [3.8, 4) is 11.1 Å². The average molecular weight is 454 g/mol. The number of rotatable bonds is 6. The van der Waals surface area contributed by atoms with Crippen molar-refractivity contribution in [3.63, 3.8) is 0 Å². The van der Waals surface area contributed by atoms with E-state index < -0.39 is 0 Å². The van der Waals surface area contributed by atoms with E-state index in [0.29, 0.717) is 13.1 Å². The zero-order valence-corrected chi connectivity index (χ0v) is 19.0. The van der Waals surface area contributed by atoms with Crippen molar-refractivity contribution in [1.82, 2.24) is 14.7 Å². The lowest BCUT2D eigenvalue weighted by Gasteiger charge is -2.32. The van der Waals surface area contributed by atoms with Gasteiger partial charge in [-0.15, -0.1) is 0 Å². The van der Waals surface area contributed by atoms with Gasteiger partial charge in [-0.3, -0.25) is 14.6 Å². The van der Waals surface area contributed by atoms with Crippen LogP contribution in [0.5, 0.6) is 0 Å². The van der Waals surface area contributed by atoms with Gasteiger partial charge in [-0.25, -0.2) is 9.18 Å². The van der Waals surface area contributed by atoms with Gasteiger partial charge in [-0.1, -0.05) is 30.3 Å². The van der Waals surface area contributed by atoms with Gasteiger partial charge in [0.25, 0.3) is 5.91 Å². The second-order valence-corrected chi connectivity index (χ2v) is 10.1. The predicted molar refractivity (Wildman–Crippen MR) is 125 cm³/mol. The Labute approximate surface area is 192 Å². The van der Waals surface area contributed by atoms with Crippen molar-refractivity contribution in [1.29, 1.82) is 0 Å². The van der Waals surface area contributed by atoms with Gasteiger partial charge in [0.05, 0.1) is 0 Å². The van der Waals surface area contributed by atoms with Gasteiger partial charge in [0.15, 0.2) is 0 Å². The van der Waals surface area contributed by atoms with Gasteiger partial charge >= 0.3 is 6.03 Å². The molecule has 2 saturated heterocycles. The molecule has 5 nitrogen and oxygen atoms in total. The number of carbonyl (C=O) groups is 2. The van der Waals surface area contributed by atoms with Gasteiger partial charge in [0.2, 0.25) is 0 Å². The highest BCUT2D eigenvalue weighted by molar-refractivity contribution is 7.99. The Morgan fingerprint density at radius 2 is 1.66 bits per heavy atom. The lowest BCUT2D eigenvalue weighted by molar-refractivity contribution is -0.128. The van der Waals surface area contributed by atoms with Crippen molar-refractivity contribution in [2.24, 2.45) is 0 Å². The number of hydrogen-bond acceptors (Lipinski definition) is 4. The molecule has 0 unspecified atom stereocenters. The Hall–Kier alpha value is -2.38. The number of hydrogen-bond donors (Lipinski definition) is 0. The van der Waals surface area contributed by atoms with Crippen LogP contribution in [0.2, 0.25) is 0 Å². The summed E-state index contributed by atoms with van der Waals surface area (Å²) in [6.45, 7) is 3.22. The minimum atomic E-state index is -0.164. The van der Waals surface area contributed by atoms with E-state index in [1.54, 1.807) is 11.0 Å². The lowest BCUT2D eigenvalue weighted by atomic mass is 9.92. The molecule has 2 aromatic rings. The van der Waals surface area contributed by atoms with Crippen LogP contribution in [0.1, 0.15) is 30.4 Å². The molecule has 0 spiro atoms. The maximum Gasteiger partial charge on any atom is 0.327 e. The first-order valence-corrected chi connectivity index (χ1v) is 12.5. The summed E-state index contributed by atoms with van der Waals surface area (Å²) in [6, 6.07) is 13.3. The smallest absolute Gasteiger partial charge is 0.311 e. The Morgan fingerprint density at radius 3 is 2.34 bits per heavy atom. The maximum atomic E-state index is 14.4. The minimum Gasteiger partial charge on any atom is -0.311 e. The summed E-state index contributed by atoms with van der Waals surface area (Å²) in [4.78, 5) is 30.3. The third kappa shape index (κ3) is 4.41. The van der Waals surface area contributed by atoms with Crippen LogP contribution in [0.15, 0.2) is 42.5 Å². The van der Waals surface area contributed by atoms with Crippen molar-refractivity contribution < 1.29 is 14.0 Å². The lowest BCUT2D eigenvalue weighted by Crippen LogP contribution is -2.44. The molecule has 32 heavy (non-hydrogen) atoms. The first-order chi connectivity index (χ1) is 15.6. The fourth-order valence-corrected chi connectivity index (χ4v) is 5.57. The van der Waals surface area contributed by atoms with Gasteiger partial charge in [-0.05, 0) is 48.1 Å². The zero-order valence-electron chi connectivity index (χ0n) is 18.1. The second-order valence-electron chi connectivity index (χ2n) is 8.88. The fraction of sp³-hybridized carbons (Fsp3) is 0.440. The number of halogens is 1. The largest absolute Gasteiger partial charge is 0.327 e. The van der Waals surface area contributed by atoms with Crippen LogP contribution < -0.4 is 0 Å². The second kappa shape index (κ2) is 9.24. The summed E-state index contributed by atoms with van der Waals surface area (Å²) in [6.07, 6.45) is 2.94. The van der Waals surface area contributed by atoms with E-state index in [0.717, 1.165) is 66.1 Å². The van der Waals surface area contributed by atoms with Gasteiger partial charge in [-0.2, -0.15) is 11.8 Å². The third-order valence-corrected chi connectivity index (χ3v) is 7.66. The topological polar surface area (TPSA) is 43.9 Å².